The van der Waals surface area contributed by atoms with Crippen molar-refractivity contribution in [3.05, 3.63) is 23.8 Å². The number of rotatable bonds is 5. The number of esters is 1. The van der Waals surface area contributed by atoms with Crippen molar-refractivity contribution in [1.29, 1.82) is 0 Å². The highest BCUT2D eigenvalue weighted by molar-refractivity contribution is 5.78. The van der Waals surface area contributed by atoms with E-state index in [-0.39, 0.29) is 24.7 Å². The highest BCUT2D eigenvalue weighted by Crippen LogP contribution is 2.30. The lowest BCUT2D eigenvalue weighted by atomic mass is 9.99. The summed E-state index contributed by atoms with van der Waals surface area (Å²) in [5, 5.41) is 18.6. The maximum absolute atomic E-state index is 11.6. The van der Waals surface area contributed by atoms with Crippen molar-refractivity contribution in [3.8, 4) is 11.5 Å². The lowest BCUT2D eigenvalue weighted by Crippen LogP contribution is -2.19. The number of hydrogen-bond donors (Lipinski definition) is 2. The molecular formula is C12H16O5. The molecule has 0 fully saturated rings. The Hall–Kier alpha value is -1.75. The largest absolute Gasteiger partial charge is 0.504 e. The fraction of sp³-hybridized carbons (Fsp3) is 0.417. The van der Waals surface area contributed by atoms with Crippen LogP contribution in [-0.4, -0.2) is 36.5 Å². The molecular weight excluding hydrogens is 224 g/mol. The van der Waals surface area contributed by atoms with Crippen LogP contribution >= 0.6 is 0 Å². The number of aliphatic hydroxyl groups is 1. The molecule has 0 aliphatic carbocycles. The van der Waals surface area contributed by atoms with Crippen molar-refractivity contribution in [2.45, 2.75) is 12.8 Å². The van der Waals surface area contributed by atoms with E-state index < -0.39 is 11.9 Å². The van der Waals surface area contributed by atoms with Crippen LogP contribution in [0.1, 0.15) is 18.4 Å². The first kappa shape index (κ1) is 13.3. The Morgan fingerprint density at radius 2 is 2.18 bits per heavy atom. The van der Waals surface area contributed by atoms with Crippen LogP contribution in [0.3, 0.4) is 0 Å². The van der Waals surface area contributed by atoms with Crippen LogP contribution in [0.25, 0.3) is 0 Å². The molecule has 1 atom stereocenters. The highest BCUT2D eigenvalue weighted by atomic mass is 16.5. The molecule has 0 bridgehead atoms. The van der Waals surface area contributed by atoms with Gasteiger partial charge in [-0.3, -0.25) is 4.79 Å². The van der Waals surface area contributed by atoms with Gasteiger partial charge in [0.05, 0.1) is 20.3 Å². The third-order valence-electron chi connectivity index (χ3n) is 2.36. The molecule has 0 aliphatic heterocycles. The fourth-order valence-corrected chi connectivity index (χ4v) is 1.47. The van der Waals surface area contributed by atoms with Gasteiger partial charge in [-0.25, -0.2) is 0 Å². The Kier molecular flexibility index (Phi) is 4.78. The first-order chi connectivity index (χ1) is 8.13. The third-order valence-corrected chi connectivity index (χ3v) is 2.36. The Bertz CT molecular complexity index is 388. The second kappa shape index (κ2) is 6.10. The van der Waals surface area contributed by atoms with E-state index in [4.69, 9.17) is 9.47 Å². The number of benzene rings is 1. The van der Waals surface area contributed by atoms with Crippen LogP contribution in [0.15, 0.2) is 18.2 Å². The average Bonchev–Trinajstić information content (AvgIpc) is 2.32. The van der Waals surface area contributed by atoms with E-state index in [0.29, 0.717) is 5.56 Å². The van der Waals surface area contributed by atoms with E-state index in [1.54, 1.807) is 13.0 Å². The van der Waals surface area contributed by atoms with Gasteiger partial charge >= 0.3 is 5.97 Å². The van der Waals surface area contributed by atoms with Crippen LogP contribution in [0.2, 0.25) is 0 Å². The molecule has 0 saturated heterocycles. The van der Waals surface area contributed by atoms with Gasteiger partial charge in [0.1, 0.15) is 5.92 Å². The Balaban J connectivity index is 2.99. The average molecular weight is 240 g/mol. The van der Waals surface area contributed by atoms with Crippen LogP contribution in [0.5, 0.6) is 11.5 Å². The molecule has 0 radical (unpaired) electrons. The predicted molar refractivity (Wildman–Crippen MR) is 61.1 cm³/mol. The first-order valence-electron chi connectivity index (χ1n) is 5.28. The summed E-state index contributed by atoms with van der Waals surface area (Å²) in [7, 11) is 1.41. The summed E-state index contributed by atoms with van der Waals surface area (Å²) >= 11 is 0. The van der Waals surface area contributed by atoms with Gasteiger partial charge in [0.25, 0.3) is 0 Å². The van der Waals surface area contributed by atoms with Crippen molar-refractivity contribution in [3.63, 3.8) is 0 Å². The SMILES string of the molecule is CCOC(=O)C(CO)c1ccc(O)c(OC)c1. The van der Waals surface area contributed by atoms with Gasteiger partial charge in [0.2, 0.25) is 0 Å². The molecule has 0 spiro atoms. The molecule has 1 aromatic carbocycles. The zero-order valence-corrected chi connectivity index (χ0v) is 9.84. The number of hydrogen-bond acceptors (Lipinski definition) is 5. The van der Waals surface area contributed by atoms with Gasteiger partial charge in [0, 0.05) is 0 Å². The van der Waals surface area contributed by atoms with Gasteiger partial charge in [-0.05, 0) is 24.6 Å². The number of aliphatic hydroxyl groups excluding tert-OH is 1. The minimum atomic E-state index is -0.760. The van der Waals surface area contributed by atoms with Crippen LogP contribution in [0, 0.1) is 0 Å². The first-order valence-corrected chi connectivity index (χ1v) is 5.28. The van der Waals surface area contributed by atoms with Gasteiger partial charge in [0.15, 0.2) is 11.5 Å². The van der Waals surface area contributed by atoms with E-state index >= 15 is 0 Å². The zero-order valence-electron chi connectivity index (χ0n) is 9.84. The normalized spacial score (nSPS) is 11.9. The predicted octanol–water partition coefficient (Wildman–Crippen LogP) is 1.04. The summed E-state index contributed by atoms with van der Waals surface area (Å²) in [5.74, 6) is -1.02. The molecule has 1 unspecified atom stereocenters. The molecule has 0 heterocycles. The molecule has 94 valence electrons. The Morgan fingerprint density at radius 3 is 2.71 bits per heavy atom. The van der Waals surface area contributed by atoms with Gasteiger partial charge in [-0.15, -0.1) is 0 Å². The molecule has 5 heteroatoms. The fourth-order valence-electron chi connectivity index (χ4n) is 1.47. The maximum atomic E-state index is 11.6. The van der Waals surface area contributed by atoms with E-state index in [9.17, 15) is 15.0 Å². The lowest BCUT2D eigenvalue weighted by Gasteiger charge is -2.14. The van der Waals surface area contributed by atoms with E-state index in [2.05, 4.69) is 0 Å². The molecule has 5 nitrogen and oxygen atoms in total. The minimum absolute atomic E-state index is 0.0169. The molecule has 2 N–H and O–H groups in total. The van der Waals surface area contributed by atoms with E-state index in [0.717, 1.165) is 0 Å². The summed E-state index contributed by atoms with van der Waals surface area (Å²) in [6.45, 7) is 1.60. The van der Waals surface area contributed by atoms with Crippen LogP contribution in [0.4, 0.5) is 0 Å². The smallest absolute Gasteiger partial charge is 0.315 e. The minimum Gasteiger partial charge on any atom is -0.504 e. The number of aromatic hydroxyl groups is 1. The number of phenolic OH excluding ortho intramolecular Hbond substituents is 1. The second-order valence-electron chi connectivity index (χ2n) is 3.42. The molecule has 0 aliphatic rings. The lowest BCUT2D eigenvalue weighted by molar-refractivity contribution is -0.145. The van der Waals surface area contributed by atoms with Crippen LogP contribution < -0.4 is 4.74 Å². The quantitative estimate of drug-likeness (QED) is 0.752. The van der Waals surface area contributed by atoms with Crippen molar-refractivity contribution >= 4 is 5.97 Å². The molecule has 1 aromatic rings. The van der Waals surface area contributed by atoms with Crippen LogP contribution in [-0.2, 0) is 9.53 Å². The molecule has 17 heavy (non-hydrogen) atoms. The monoisotopic (exact) mass is 240 g/mol. The molecule has 0 aromatic heterocycles. The van der Waals surface area contributed by atoms with E-state index in [1.807, 2.05) is 0 Å². The second-order valence-corrected chi connectivity index (χ2v) is 3.42. The number of carbonyl (C=O) groups excluding carboxylic acids is 1. The summed E-state index contributed by atoms with van der Waals surface area (Å²) in [5.41, 5.74) is 0.542. The number of carbonyl (C=O) groups is 1. The topological polar surface area (TPSA) is 76.0 Å². The van der Waals surface area contributed by atoms with Crippen molar-refractivity contribution < 1.29 is 24.5 Å². The Labute approximate surface area is 99.6 Å². The summed E-state index contributed by atoms with van der Waals surface area (Å²) < 4.78 is 9.79. The summed E-state index contributed by atoms with van der Waals surface area (Å²) in [6, 6.07) is 4.47. The molecule has 1 rings (SSSR count). The summed E-state index contributed by atoms with van der Waals surface area (Å²) in [6.07, 6.45) is 0. The van der Waals surface area contributed by atoms with Crippen molar-refractivity contribution in [2.24, 2.45) is 0 Å². The number of phenols is 1. The Morgan fingerprint density at radius 1 is 1.47 bits per heavy atom. The number of ether oxygens (including phenoxy) is 2. The standard InChI is InChI=1S/C12H16O5/c1-3-17-12(15)9(7-13)8-4-5-10(14)11(6-8)16-2/h4-6,9,13-14H,3,7H2,1-2H3. The highest BCUT2D eigenvalue weighted by Gasteiger charge is 2.22. The van der Waals surface area contributed by atoms with Gasteiger partial charge < -0.3 is 19.7 Å². The molecule has 0 amide bonds. The zero-order chi connectivity index (χ0) is 12.8. The summed E-state index contributed by atoms with van der Waals surface area (Å²) in [4.78, 5) is 11.6. The van der Waals surface area contributed by atoms with Gasteiger partial charge in [-0.1, -0.05) is 6.07 Å². The van der Waals surface area contributed by atoms with Gasteiger partial charge in [-0.2, -0.15) is 0 Å². The third kappa shape index (κ3) is 3.10. The maximum Gasteiger partial charge on any atom is 0.315 e. The molecule has 0 saturated carbocycles. The number of methoxy groups -OCH3 is 1. The van der Waals surface area contributed by atoms with Crippen molar-refractivity contribution in [2.75, 3.05) is 20.3 Å². The van der Waals surface area contributed by atoms with Crippen molar-refractivity contribution in [1.82, 2.24) is 0 Å². The van der Waals surface area contributed by atoms with E-state index in [1.165, 1.54) is 19.2 Å².